The molecule has 3 N–H and O–H groups in total. The van der Waals surface area contributed by atoms with Gasteiger partial charge in [-0.3, -0.25) is 9.78 Å². The Morgan fingerprint density at radius 3 is 2.61 bits per heavy atom. The van der Waals surface area contributed by atoms with Crippen LogP contribution in [0.2, 0.25) is 0 Å². The van der Waals surface area contributed by atoms with Gasteiger partial charge in [0.25, 0.3) is 5.56 Å². The standard InChI is InChI=1S/C19H23N3O6/c1-13-11-22(18(26)21-16(13)23)10-6-5-9-15(17(24)25)20-19(27)28-12-14-7-3-2-4-8-14/h2-4,7-8,11,15H,5-6,9-10,12H2,1H3,(H,20,27)(H,24,25)(H,21,23,26)/t15-/m0/s1. The number of carbonyl (C=O) groups excluding carboxylic acids is 1. The second-order valence-corrected chi connectivity index (χ2v) is 6.36. The molecule has 1 aromatic heterocycles. The number of carboxylic acids is 1. The summed E-state index contributed by atoms with van der Waals surface area (Å²) in [6, 6.07) is 7.96. The molecular weight excluding hydrogens is 366 g/mol. The maximum absolute atomic E-state index is 11.8. The van der Waals surface area contributed by atoms with E-state index in [4.69, 9.17) is 4.74 Å². The second-order valence-electron chi connectivity index (χ2n) is 6.36. The number of nitrogens with zero attached hydrogens (tertiary/aromatic N) is 1. The molecule has 1 amide bonds. The zero-order chi connectivity index (χ0) is 20.5. The molecule has 1 atom stereocenters. The van der Waals surface area contributed by atoms with E-state index in [0.29, 0.717) is 24.9 Å². The monoisotopic (exact) mass is 389 g/mol. The van der Waals surface area contributed by atoms with Gasteiger partial charge in [-0.25, -0.2) is 14.4 Å². The fourth-order valence-electron chi connectivity index (χ4n) is 2.58. The van der Waals surface area contributed by atoms with Gasteiger partial charge in [-0.1, -0.05) is 30.3 Å². The zero-order valence-corrected chi connectivity index (χ0v) is 15.5. The number of aromatic amines is 1. The van der Waals surface area contributed by atoms with Gasteiger partial charge in [-0.2, -0.15) is 0 Å². The third-order valence-corrected chi connectivity index (χ3v) is 4.13. The lowest BCUT2D eigenvalue weighted by molar-refractivity contribution is -0.139. The van der Waals surface area contributed by atoms with E-state index in [-0.39, 0.29) is 13.0 Å². The summed E-state index contributed by atoms with van der Waals surface area (Å²) in [5.74, 6) is -1.16. The number of rotatable bonds is 9. The van der Waals surface area contributed by atoms with Crippen LogP contribution in [0.25, 0.3) is 0 Å². The van der Waals surface area contributed by atoms with Gasteiger partial charge >= 0.3 is 17.8 Å². The van der Waals surface area contributed by atoms with Gasteiger partial charge in [0.1, 0.15) is 12.6 Å². The Kier molecular flexibility index (Phi) is 7.55. The molecule has 0 aliphatic rings. The molecule has 9 heteroatoms. The van der Waals surface area contributed by atoms with Gasteiger partial charge in [0.15, 0.2) is 0 Å². The maximum atomic E-state index is 11.8. The molecular formula is C19H23N3O6. The molecule has 0 saturated carbocycles. The highest BCUT2D eigenvalue weighted by molar-refractivity contribution is 5.79. The van der Waals surface area contributed by atoms with Crippen molar-refractivity contribution < 1.29 is 19.4 Å². The molecule has 0 spiro atoms. The van der Waals surface area contributed by atoms with Gasteiger partial charge in [0, 0.05) is 18.3 Å². The number of ether oxygens (including phenoxy) is 1. The molecule has 0 radical (unpaired) electrons. The third kappa shape index (κ3) is 6.42. The van der Waals surface area contributed by atoms with Crippen molar-refractivity contribution in [1.82, 2.24) is 14.9 Å². The first-order valence-electron chi connectivity index (χ1n) is 8.87. The lowest BCUT2D eigenvalue weighted by atomic mass is 10.1. The topological polar surface area (TPSA) is 130 Å². The average molecular weight is 389 g/mol. The maximum Gasteiger partial charge on any atom is 0.408 e. The van der Waals surface area contributed by atoms with Crippen molar-refractivity contribution in [3.63, 3.8) is 0 Å². The SMILES string of the molecule is Cc1cn(CCCC[C@H](NC(=O)OCc2ccccc2)C(=O)O)c(=O)[nH]c1=O. The molecule has 0 bridgehead atoms. The average Bonchev–Trinajstić information content (AvgIpc) is 2.67. The number of H-pyrrole nitrogens is 1. The zero-order valence-electron chi connectivity index (χ0n) is 15.5. The van der Waals surface area contributed by atoms with Crippen LogP contribution in [0, 0.1) is 6.92 Å². The van der Waals surface area contributed by atoms with Crippen molar-refractivity contribution in [3.8, 4) is 0 Å². The molecule has 0 aliphatic heterocycles. The van der Waals surface area contributed by atoms with Crippen LogP contribution >= 0.6 is 0 Å². The summed E-state index contributed by atoms with van der Waals surface area (Å²) in [4.78, 5) is 48.4. The summed E-state index contributed by atoms with van der Waals surface area (Å²) in [7, 11) is 0. The summed E-state index contributed by atoms with van der Waals surface area (Å²) in [5, 5.41) is 11.6. The predicted molar refractivity (Wildman–Crippen MR) is 101 cm³/mol. The minimum Gasteiger partial charge on any atom is -0.480 e. The summed E-state index contributed by atoms with van der Waals surface area (Å²) in [5.41, 5.74) is 0.287. The van der Waals surface area contributed by atoms with Crippen LogP contribution in [0.4, 0.5) is 4.79 Å². The molecule has 2 rings (SSSR count). The van der Waals surface area contributed by atoms with Gasteiger partial charge in [-0.05, 0) is 31.7 Å². The number of aliphatic carboxylic acids is 1. The Bertz CT molecular complexity index is 919. The van der Waals surface area contributed by atoms with Crippen molar-refractivity contribution in [2.75, 3.05) is 0 Å². The fourth-order valence-corrected chi connectivity index (χ4v) is 2.58. The Hall–Kier alpha value is -3.36. The summed E-state index contributed by atoms with van der Waals surface area (Å²) < 4.78 is 6.40. The number of carbonyl (C=O) groups is 2. The molecule has 0 saturated heterocycles. The van der Waals surface area contributed by atoms with E-state index < -0.39 is 29.4 Å². The molecule has 2 aromatic rings. The molecule has 0 unspecified atom stereocenters. The summed E-state index contributed by atoms with van der Waals surface area (Å²) in [6.07, 6.45) is 1.82. The first-order chi connectivity index (χ1) is 13.4. The van der Waals surface area contributed by atoms with Crippen LogP contribution < -0.4 is 16.6 Å². The highest BCUT2D eigenvalue weighted by Crippen LogP contribution is 2.05. The van der Waals surface area contributed by atoms with E-state index in [1.165, 1.54) is 10.8 Å². The fraction of sp³-hybridized carbons (Fsp3) is 0.368. The van der Waals surface area contributed by atoms with E-state index in [9.17, 15) is 24.3 Å². The molecule has 150 valence electrons. The Morgan fingerprint density at radius 2 is 1.93 bits per heavy atom. The largest absolute Gasteiger partial charge is 0.480 e. The quantitative estimate of drug-likeness (QED) is 0.556. The smallest absolute Gasteiger partial charge is 0.408 e. The van der Waals surface area contributed by atoms with Crippen molar-refractivity contribution in [2.24, 2.45) is 0 Å². The van der Waals surface area contributed by atoms with Crippen LogP contribution in [0.5, 0.6) is 0 Å². The minimum atomic E-state index is -1.16. The Labute approximate surface area is 161 Å². The molecule has 0 fully saturated rings. The van der Waals surface area contributed by atoms with Crippen molar-refractivity contribution in [2.45, 2.75) is 45.4 Å². The first kappa shape index (κ1) is 20.9. The second kappa shape index (κ2) is 10.1. The van der Waals surface area contributed by atoms with E-state index >= 15 is 0 Å². The number of nitrogens with one attached hydrogen (secondary N) is 2. The molecule has 0 aliphatic carbocycles. The summed E-state index contributed by atoms with van der Waals surface area (Å²) in [6.45, 7) is 1.98. The van der Waals surface area contributed by atoms with Crippen molar-refractivity contribution >= 4 is 12.1 Å². The predicted octanol–water partition coefficient (Wildman–Crippen LogP) is 1.39. The number of alkyl carbamates (subject to hydrolysis) is 1. The third-order valence-electron chi connectivity index (χ3n) is 4.13. The van der Waals surface area contributed by atoms with Gasteiger partial charge in [0.05, 0.1) is 0 Å². The number of amides is 1. The lowest BCUT2D eigenvalue weighted by Gasteiger charge is -2.15. The Balaban J connectivity index is 1.78. The van der Waals surface area contributed by atoms with Crippen LogP contribution in [-0.2, 0) is 22.7 Å². The van der Waals surface area contributed by atoms with E-state index in [1.807, 2.05) is 18.2 Å². The number of unbranched alkanes of at least 4 members (excludes halogenated alkanes) is 1. The van der Waals surface area contributed by atoms with Gasteiger partial charge < -0.3 is 19.7 Å². The van der Waals surface area contributed by atoms with Gasteiger partial charge in [-0.15, -0.1) is 0 Å². The van der Waals surface area contributed by atoms with E-state index in [2.05, 4.69) is 10.3 Å². The normalized spacial score (nSPS) is 11.6. The van der Waals surface area contributed by atoms with Crippen LogP contribution in [0.15, 0.2) is 46.1 Å². The molecule has 1 heterocycles. The van der Waals surface area contributed by atoms with Crippen LogP contribution in [0.3, 0.4) is 0 Å². The highest BCUT2D eigenvalue weighted by atomic mass is 16.5. The van der Waals surface area contributed by atoms with Gasteiger partial charge in [0.2, 0.25) is 0 Å². The molecule has 1 aromatic carbocycles. The molecule has 9 nitrogen and oxygen atoms in total. The highest BCUT2D eigenvalue weighted by Gasteiger charge is 2.20. The number of aryl methyl sites for hydroxylation is 2. The number of benzene rings is 1. The first-order valence-corrected chi connectivity index (χ1v) is 8.87. The Morgan fingerprint density at radius 1 is 1.21 bits per heavy atom. The number of hydrogen-bond acceptors (Lipinski definition) is 5. The van der Waals surface area contributed by atoms with E-state index in [1.54, 1.807) is 19.1 Å². The van der Waals surface area contributed by atoms with Crippen molar-refractivity contribution in [3.05, 3.63) is 68.5 Å². The summed E-state index contributed by atoms with van der Waals surface area (Å²) >= 11 is 0. The van der Waals surface area contributed by atoms with Crippen LogP contribution in [0.1, 0.15) is 30.4 Å². The lowest BCUT2D eigenvalue weighted by Crippen LogP contribution is -2.41. The van der Waals surface area contributed by atoms with Crippen LogP contribution in [-0.4, -0.2) is 32.8 Å². The van der Waals surface area contributed by atoms with Crippen molar-refractivity contribution in [1.29, 1.82) is 0 Å². The molecule has 28 heavy (non-hydrogen) atoms. The number of aromatic nitrogens is 2. The number of hydrogen-bond donors (Lipinski definition) is 3. The minimum absolute atomic E-state index is 0.0491. The van der Waals surface area contributed by atoms with E-state index in [0.717, 1.165) is 5.56 Å². The number of carboxylic acid groups (broad SMARTS) is 1.